The Bertz CT molecular complexity index is 660. The van der Waals surface area contributed by atoms with Crippen molar-refractivity contribution >= 4 is 5.97 Å². The quantitative estimate of drug-likeness (QED) is 0.625. The van der Waals surface area contributed by atoms with Crippen molar-refractivity contribution in [2.75, 3.05) is 0 Å². The molecule has 5 aliphatic carbocycles. The van der Waals surface area contributed by atoms with Crippen molar-refractivity contribution in [3.05, 3.63) is 29.8 Å². The molecule has 3 heteroatoms. The molecule has 1 aromatic carbocycles. The summed E-state index contributed by atoms with van der Waals surface area (Å²) in [6, 6.07) is 7.80. The minimum Gasteiger partial charge on any atom is -0.426 e. The molecule has 0 atom stereocenters. The topological polar surface area (TPSA) is 46.5 Å². The van der Waals surface area contributed by atoms with Crippen LogP contribution in [0.15, 0.2) is 24.3 Å². The van der Waals surface area contributed by atoms with Crippen LogP contribution in [0.3, 0.4) is 0 Å². The largest absolute Gasteiger partial charge is 0.426 e. The van der Waals surface area contributed by atoms with Crippen LogP contribution < -0.4 is 4.74 Å². The Balaban J connectivity index is 1.37. The molecule has 0 aliphatic heterocycles. The Morgan fingerprint density at radius 2 is 1.62 bits per heavy atom. The molecule has 5 aliphatic rings. The first-order valence-electron chi connectivity index (χ1n) is 10.7. The minimum atomic E-state index is -0.722. The Kier molecular flexibility index (Phi) is 4.11. The molecule has 140 valence electrons. The third-order valence-electron chi connectivity index (χ3n) is 7.84. The lowest BCUT2D eigenvalue weighted by Gasteiger charge is -2.59. The van der Waals surface area contributed by atoms with E-state index in [0.717, 1.165) is 68.8 Å². The van der Waals surface area contributed by atoms with Gasteiger partial charge in [0, 0.05) is 0 Å². The highest BCUT2D eigenvalue weighted by atomic mass is 16.5. The van der Waals surface area contributed by atoms with Crippen molar-refractivity contribution in [2.24, 2.45) is 29.6 Å². The highest BCUT2D eigenvalue weighted by molar-refractivity contribution is 5.75. The van der Waals surface area contributed by atoms with Gasteiger partial charge in [-0.25, -0.2) is 0 Å². The fourth-order valence-electron chi connectivity index (χ4n) is 6.72. The van der Waals surface area contributed by atoms with Crippen LogP contribution in [0.4, 0.5) is 0 Å². The first-order chi connectivity index (χ1) is 12.6. The molecule has 3 nitrogen and oxygen atoms in total. The second kappa shape index (κ2) is 6.37. The van der Waals surface area contributed by atoms with Gasteiger partial charge in [0.25, 0.3) is 0 Å². The van der Waals surface area contributed by atoms with Gasteiger partial charge in [0.05, 0.1) is 11.5 Å². The maximum atomic E-state index is 12.5. The van der Waals surface area contributed by atoms with E-state index in [9.17, 15) is 9.90 Å². The summed E-state index contributed by atoms with van der Waals surface area (Å²) in [7, 11) is 0. The van der Waals surface area contributed by atoms with Gasteiger partial charge < -0.3 is 9.84 Å². The average molecular weight is 354 g/mol. The molecule has 1 aromatic rings. The molecule has 0 aromatic heterocycles. The molecular weight excluding hydrogens is 324 g/mol. The van der Waals surface area contributed by atoms with E-state index in [1.165, 1.54) is 12.8 Å². The fraction of sp³-hybridized carbons (Fsp3) is 0.696. The number of aliphatic hydroxyl groups is 1. The molecule has 0 saturated heterocycles. The number of rotatable bonds is 3. The van der Waals surface area contributed by atoms with Crippen LogP contribution in [-0.4, -0.2) is 11.1 Å². The number of benzene rings is 1. The van der Waals surface area contributed by atoms with Gasteiger partial charge in [-0.1, -0.05) is 31.4 Å². The summed E-state index contributed by atoms with van der Waals surface area (Å²) in [6.07, 6.45) is 11.4. The van der Waals surface area contributed by atoms with Crippen LogP contribution in [0.5, 0.6) is 5.75 Å². The van der Waals surface area contributed by atoms with Crippen molar-refractivity contribution in [3.8, 4) is 5.75 Å². The molecule has 6 rings (SSSR count). The molecule has 0 heterocycles. The number of carbonyl (C=O) groups is 1. The lowest BCUT2D eigenvalue weighted by atomic mass is 9.48. The van der Waals surface area contributed by atoms with Crippen LogP contribution in [0, 0.1) is 29.6 Å². The van der Waals surface area contributed by atoms with Crippen molar-refractivity contribution in [3.63, 3.8) is 0 Å². The van der Waals surface area contributed by atoms with Crippen molar-refractivity contribution in [2.45, 2.75) is 69.8 Å². The van der Waals surface area contributed by atoms with Crippen LogP contribution >= 0.6 is 0 Å². The molecule has 0 amide bonds. The Morgan fingerprint density at radius 3 is 2.27 bits per heavy atom. The molecule has 5 saturated carbocycles. The van der Waals surface area contributed by atoms with Crippen LogP contribution in [-0.2, 0) is 10.4 Å². The van der Waals surface area contributed by atoms with E-state index < -0.39 is 5.60 Å². The van der Waals surface area contributed by atoms with E-state index in [-0.39, 0.29) is 11.9 Å². The summed E-state index contributed by atoms with van der Waals surface area (Å²) in [5.41, 5.74) is 0.251. The zero-order valence-corrected chi connectivity index (χ0v) is 15.5. The van der Waals surface area contributed by atoms with Crippen LogP contribution in [0.1, 0.15) is 69.8 Å². The van der Waals surface area contributed by atoms with E-state index in [1.54, 1.807) is 0 Å². The molecule has 4 bridgehead atoms. The summed E-state index contributed by atoms with van der Waals surface area (Å²) < 4.78 is 5.73. The van der Waals surface area contributed by atoms with E-state index >= 15 is 0 Å². The molecule has 0 radical (unpaired) electrons. The van der Waals surface area contributed by atoms with E-state index in [1.807, 2.05) is 24.3 Å². The first-order valence-corrected chi connectivity index (χ1v) is 10.7. The molecule has 5 fully saturated rings. The Morgan fingerprint density at radius 1 is 0.962 bits per heavy atom. The summed E-state index contributed by atoms with van der Waals surface area (Å²) in [5.74, 6) is 2.98. The predicted molar refractivity (Wildman–Crippen MR) is 99.6 cm³/mol. The number of hydrogen-bond acceptors (Lipinski definition) is 3. The second-order valence-electron chi connectivity index (χ2n) is 9.41. The lowest BCUT2D eigenvalue weighted by Crippen LogP contribution is -2.55. The lowest BCUT2D eigenvalue weighted by molar-refractivity contribution is -0.179. The van der Waals surface area contributed by atoms with Crippen LogP contribution in [0.2, 0.25) is 0 Å². The van der Waals surface area contributed by atoms with Gasteiger partial charge in [-0.05, 0) is 86.3 Å². The van der Waals surface area contributed by atoms with Gasteiger partial charge in [0.15, 0.2) is 0 Å². The SMILES string of the molecule is O=C(Oc1cccc(C2(O)C3CC4CC(C3)CC2C4)c1)C1CCCCC1. The third kappa shape index (κ3) is 2.70. The average Bonchev–Trinajstić information content (AvgIpc) is 2.66. The van der Waals surface area contributed by atoms with E-state index in [2.05, 4.69) is 0 Å². The van der Waals surface area contributed by atoms with Crippen molar-refractivity contribution < 1.29 is 14.6 Å². The van der Waals surface area contributed by atoms with E-state index in [4.69, 9.17) is 4.74 Å². The maximum Gasteiger partial charge on any atom is 0.314 e. The zero-order chi connectivity index (χ0) is 17.7. The smallest absolute Gasteiger partial charge is 0.314 e. The third-order valence-corrected chi connectivity index (χ3v) is 7.84. The highest BCUT2D eigenvalue weighted by Crippen LogP contribution is 2.61. The van der Waals surface area contributed by atoms with Gasteiger partial charge in [-0.15, -0.1) is 0 Å². The Hall–Kier alpha value is -1.35. The van der Waals surface area contributed by atoms with Gasteiger partial charge >= 0.3 is 5.97 Å². The Labute approximate surface area is 156 Å². The summed E-state index contributed by atoms with van der Waals surface area (Å²) >= 11 is 0. The van der Waals surface area contributed by atoms with Gasteiger partial charge in [0.2, 0.25) is 0 Å². The second-order valence-corrected chi connectivity index (χ2v) is 9.41. The molecule has 0 unspecified atom stereocenters. The number of hydrogen-bond donors (Lipinski definition) is 1. The van der Waals surface area contributed by atoms with E-state index in [0.29, 0.717) is 17.6 Å². The normalized spacial score (nSPS) is 39.1. The van der Waals surface area contributed by atoms with Gasteiger partial charge in [-0.2, -0.15) is 0 Å². The first kappa shape index (κ1) is 16.8. The number of carbonyl (C=O) groups excluding carboxylic acids is 1. The molecule has 26 heavy (non-hydrogen) atoms. The summed E-state index contributed by atoms with van der Waals surface area (Å²) in [6.45, 7) is 0. The fourth-order valence-corrected chi connectivity index (χ4v) is 6.72. The van der Waals surface area contributed by atoms with Crippen molar-refractivity contribution in [1.82, 2.24) is 0 Å². The standard InChI is InChI=1S/C23H30O3/c24-22(17-5-2-1-3-6-17)26-21-8-4-7-18(14-21)23(25)19-10-15-9-16(12-19)13-20(23)11-15/h4,7-8,14-17,19-20,25H,1-3,5-6,9-13H2. The molecule has 0 spiro atoms. The molecule has 1 N–H and O–H groups in total. The van der Waals surface area contributed by atoms with Crippen molar-refractivity contribution in [1.29, 1.82) is 0 Å². The predicted octanol–water partition coefficient (Wildman–Crippen LogP) is 4.82. The summed E-state index contributed by atoms with van der Waals surface area (Å²) in [4.78, 5) is 12.5. The number of ether oxygens (including phenoxy) is 1. The number of esters is 1. The van der Waals surface area contributed by atoms with Crippen LogP contribution in [0.25, 0.3) is 0 Å². The minimum absolute atomic E-state index is 0.0525. The highest BCUT2D eigenvalue weighted by Gasteiger charge is 2.57. The molecular formula is C23H30O3. The monoisotopic (exact) mass is 354 g/mol. The zero-order valence-electron chi connectivity index (χ0n) is 15.5. The van der Waals surface area contributed by atoms with Gasteiger partial charge in [0.1, 0.15) is 5.75 Å². The maximum absolute atomic E-state index is 12.5. The van der Waals surface area contributed by atoms with Gasteiger partial charge in [-0.3, -0.25) is 4.79 Å². The summed E-state index contributed by atoms with van der Waals surface area (Å²) in [5, 5.41) is 11.7.